The van der Waals surface area contributed by atoms with Gasteiger partial charge in [-0.1, -0.05) is 6.92 Å². The molecule has 18 heavy (non-hydrogen) atoms. The summed E-state index contributed by atoms with van der Waals surface area (Å²) in [5.41, 5.74) is 1.08. The molecule has 0 saturated carbocycles. The molecular formula is C13H14BrN3O. The van der Waals surface area contributed by atoms with Gasteiger partial charge in [-0.3, -0.25) is 9.97 Å². The lowest BCUT2D eigenvalue weighted by Crippen LogP contribution is -2.12. The van der Waals surface area contributed by atoms with E-state index in [0.29, 0.717) is 5.75 Å². The van der Waals surface area contributed by atoms with Crippen molar-refractivity contribution in [1.29, 1.82) is 0 Å². The third-order valence-electron chi connectivity index (χ3n) is 2.34. The molecular weight excluding hydrogens is 294 g/mol. The molecule has 0 amide bonds. The van der Waals surface area contributed by atoms with Crippen LogP contribution in [0.15, 0.2) is 41.4 Å². The van der Waals surface area contributed by atoms with Crippen LogP contribution in [0.1, 0.15) is 12.5 Å². The van der Waals surface area contributed by atoms with Crippen LogP contribution in [-0.4, -0.2) is 16.5 Å². The lowest BCUT2D eigenvalue weighted by molar-refractivity contribution is 0.468. The predicted octanol–water partition coefficient (Wildman–Crippen LogP) is 3.14. The summed E-state index contributed by atoms with van der Waals surface area (Å²) in [5.74, 6) is 1.44. The molecule has 2 aromatic heterocycles. The lowest BCUT2D eigenvalue weighted by Gasteiger charge is -2.10. The highest BCUT2D eigenvalue weighted by Gasteiger charge is 2.05. The van der Waals surface area contributed by atoms with Gasteiger partial charge in [0.2, 0.25) is 0 Å². The van der Waals surface area contributed by atoms with Crippen molar-refractivity contribution in [2.24, 2.45) is 0 Å². The van der Waals surface area contributed by atoms with Crippen LogP contribution in [0.2, 0.25) is 0 Å². The topological polar surface area (TPSA) is 47.0 Å². The van der Waals surface area contributed by atoms with Gasteiger partial charge in [-0.2, -0.15) is 0 Å². The minimum absolute atomic E-state index is 0.690. The first-order chi connectivity index (χ1) is 8.79. The summed E-state index contributed by atoms with van der Waals surface area (Å²) in [5, 5.41) is 3.27. The molecule has 0 unspecified atom stereocenters. The van der Waals surface area contributed by atoms with Crippen LogP contribution in [0.4, 0.5) is 0 Å². The van der Waals surface area contributed by atoms with Gasteiger partial charge in [-0.15, -0.1) is 0 Å². The Morgan fingerprint density at radius 2 is 2.17 bits per heavy atom. The normalized spacial score (nSPS) is 10.3. The van der Waals surface area contributed by atoms with Crippen molar-refractivity contribution in [1.82, 2.24) is 15.3 Å². The third kappa shape index (κ3) is 3.51. The lowest BCUT2D eigenvalue weighted by atomic mass is 10.2. The van der Waals surface area contributed by atoms with Crippen LogP contribution in [-0.2, 0) is 6.54 Å². The minimum atomic E-state index is 0.690. The highest BCUT2D eigenvalue weighted by Crippen LogP contribution is 2.25. The molecule has 0 aliphatic rings. The van der Waals surface area contributed by atoms with E-state index in [0.717, 1.165) is 28.9 Å². The van der Waals surface area contributed by atoms with Crippen molar-refractivity contribution in [2.45, 2.75) is 13.5 Å². The van der Waals surface area contributed by atoms with Gasteiger partial charge in [0.15, 0.2) is 0 Å². The third-order valence-corrected chi connectivity index (χ3v) is 2.78. The summed E-state index contributed by atoms with van der Waals surface area (Å²) in [7, 11) is 0. The summed E-state index contributed by atoms with van der Waals surface area (Å²) in [4.78, 5) is 8.15. The van der Waals surface area contributed by atoms with Crippen molar-refractivity contribution in [3.63, 3.8) is 0 Å². The summed E-state index contributed by atoms with van der Waals surface area (Å²) >= 11 is 3.37. The van der Waals surface area contributed by atoms with Crippen molar-refractivity contribution in [2.75, 3.05) is 6.54 Å². The second kappa shape index (κ2) is 6.47. The Balaban J connectivity index is 2.17. The number of hydrogen-bond donors (Lipinski definition) is 1. The predicted molar refractivity (Wildman–Crippen MR) is 73.6 cm³/mol. The van der Waals surface area contributed by atoms with E-state index in [2.05, 4.69) is 38.1 Å². The fraction of sp³-hybridized carbons (Fsp3) is 0.231. The maximum atomic E-state index is 5.79. The molecule has 0 aromatic carbocycles. The monoisotopic (exact) mass is 307 g/mol. The highest BCUT2D eigenvalue weighted by molar-refractivity contribution is 9.10. The van der Waals surface area contributed by atoms with Crippen LogP contribution >= 0.6 is 15.9 Å². The van der Waals surface area contributed by atoms with Gasteiger partial charge in [0.1, 0.15) is 11.5 Å². The first kappa shape index (κ1) is 13.0. The van der Waals surface area contributed by atoms with Gasteiger partial charge in [0.05, 0.1) is 12.4 Å². The van der Waals surface area contributed by atoms with E-state index >= 15 is 0 Å². The molecule has 1 N–H and O–H groups in total. The summed E-state index contributed by atoms with van der Waals surface area (Å²) in [6.07, 6.45) is 6.87. The van der Waals surface area contributed by atoms with Gasteiger partial charge < -0.3 is 10.1 Å². The number of nitrogens with one attached hydrogen (secondary N) is 1. The molecule has 2 aromatic rings. The molecule has 0 aliphatic heterocycles. The quantitative estimate of drug-likeness (QED) is 0.922. The molecule has 0 aliphatic carbocycles. The van der Waals surface area contributed by atoms with Crippen LogP contribution in [0.3, 0.4) is 0 Å². The smallest absolute Gasteiger partial charge is 0.150 e. The number of hydrogen-bond acceptors (Lipinski definition) is 4. The zero-order valence-electron chi connectivity index (χ0n) is 10.1. The molecule has 94 valence electrons. The van der Waals surface area contributed by atoms with Crippen LogP contribution in [0.25, 0.3) is 0 Å². The van der Waals surface area contributed by atoms with E-state index in [4.69, 9.17) is 4.74 Å². The number of pyridine rings is 2. The molecule has 0 bridgehead atoms. The number of aromatic nitrogens is 2. The van der Waals surface area contributed by atoms with Crippen LogP contribution in [0.5, 0.6) is 11.5 Å². The Morgan fingerprint density at radius 3 is 2.94 bits per heavy atom. The second-order valence-corrected chi connectivity index (χ2v) is 4.62. The first-order valence-corrected chi connectivity index (χ1v) is 6.51. The van der Waals surface area contributed by atoms with Crippen LogP contribution in [0, 0.1) is 0 Å². The van der Waals surface area contributed by atoms with Crippen molar-refractivity contribution >= 4 is 15.9 Å². The highest BCUT2D eigenvalue weighted by atomic mass is 79.9. The molecule has 0 radical (unpaired) electrons. The molecule has 0 saturated heterocycles. The maximum Gasteiger partial charge on any atom is 0.150 e. The zero-order valence-corrected chi connectivity index (χ0v) is 11.6. The van der Waals surface area contributed by atoms with Crippen LogP contribution < -0.4 is 10.1 Å². The van der Waals surface area contributed by atoms with Gasteiger partial charge >= 0.3 is 0 Å². The van der Waals surface area contributed by atoms with Crippen molar-refractivity contribution in [3.05, 3.63) is 47.0 Å². The Morgan fingerprint density at radius 1 is 1.28 bits per heavy atom. The Kier molecular flexibility index (Phi) is 4.66. The van der Waals surface area contributed by atoms with Crippen molar-refractivity contribution < 1.29 is 4.74 Å². The first-order valence-electron chi connectivity index (χ1n) is 5.71. The molecule has 0 atom stereocenters. The summed E-state index contributed by atoms with van der Waals surface area (Å²) in [6, 6.07) is 3.82. The fourth-order valence-electron chi connectivity index (χ4n) is 1.48. The Hall–Kier alpha value is -1.46. The largest absolute Gasteiger partial charge is 0.454 e. The maximum absolute atomic E-state index is 5.79. The average Bonchev–Trinajstić information content (AvgIpc) is 2.38. The summed E-state index contributed by atoms with van der Waals surface area (Å²) < 4.78 is 6.68. The molecule has 5 heteroatoms. The molecule has 0 fully saturated rings. The number of rotatable bonds is 5. The minimum Gasteiger partial charge on any atom is -0.454 e. The Bertz CT molecular complexity index is 519. The Labute approximate surface area is 115 Å². The van der Waals surface area contributed by atoms with E-state index < -0.39 is 0 Å². The number of ether oxygens (including phenoxy) is 1. The van der Waals surface area contributed by atoms with Gasteiger partial charge in [-0.25, -0.2) is 0 Å². The zero-order chi connectivity index (χ0) is 12.8. The number of nitrogens with zero attached hydrogens (tertiary/aromatic N) is 2. The van der Waals surface area contributed by atoms with E-state index in [-0.39, 0.29) is 0 Å². The SMILES string of the molecule is CCNCc1ccncc1Oc1cncc(Br)c1. The average molecular weight is 308 g/mol. The van der Waals surface area contributed by atoms with E-state index in [1.807, 2.05) is 12.1 Å². The standard InChI is InChI=1S/C13H14BrN3O/c1-2-15-6-10-3-4-16-9-13(10)18-12-5-11(14)7-17-8-12/h3-5,7-9,15H,2,6H2,1H3. The van der Waals surface area contributed by atoms with Gasteiger partial charge in [0, 0.05) is 29.0 Å². The molecule has 0 spiro atoms. The van der Waals surface area contributed by atoms with E-state index in [9.17, 15) is 0 Å². The second-order valence-electron chi connectivity index (χ2n) is 3.70. The van der Waals surface area contributed by atoms with Crippen molar-refractivity contribution in [3.8, 4) is 11.5 Å². The molecule has 4 nitrogen and oxygen atoms in total. The summed E-state index contributed by atoms with van der Waals surface area (Å²) in [6.45, 7) is 3.75. The fourth-order valence-corrected chi connectivity index (χ4v) is 1.83. The van der Waals surface area contributed by atoms with Gasteiger partial charge in [0.25, 0.3) is 0 Å². The van der Waals surface area contributed by atoms with E-state index in [1.54, 1.807) is 24.8 Å². The molecule has 2 rings (SSSR count). The number of halogens is 1. The molecule has 2 heterocycles. The van der Waals surface area contributed by atoms with Gasteiger partial charge in [-0.05, 0) is 34.6 Å². The van der Waals surface area contributed by atoms with E-state index in [1.165, 1.54) is 0 Å².